The van der Waals surface area contributed by atoms with Gasteiger partial charge in [0.25, 0.3) is 0 Å². The van der Waals surface area contributed by atoms with Gasteiger partial charge in [0.1, 0.15) is 0 Å². The predicted molar refractivity (Wildman–Crippen MR) is 42.9 cm³/mol. The zero-order valence-electron chi connectivity index (χ0n) is 6.78. The van der Waals surface area contributed by atoms with Gasteiger partial charge in [-0.25, -0.2) is 5.43 Å². The van der Waals surface area contributed by atoms with E-state index in [0.29, 0.717) is 0 Å². The molecule has 0 aliphatic carbocycles. The van der Waals surface area contributed by atoms with Gasteiger partial charge in [0.15, 0.2) is 0 Å². The van der Waals surface area contributed by atoms with E-state index >= 15 is 0 Å². The fraction of sp³-hybridized carbons (Fsp3) is 1.00. The van der Waals surface area contributed by atoms with Crippen LogP contribution < -0.4 is 55.5 Å². The van der Waals surface area contributed by atoms with Crippen LogP contribution in [0.2, 0.25) is 0 Å². The highest BCUT2D eigenvalue weighted by molar-refractivity contribution is 4.20. The minimum atomic E-state index is 0.805. The van der Waals surface area contributed by atoms with E-state index in [1.807, 2.05) is 6.92 Å². The van der Waals surface area contributed by atoms with Crippen molar-refractivity contribution in [3.8, 4) is 0 Å². The summed E-state index contributed by atoms with van der Waals surface area (Å²) in [4.78, 5) is 0. The molecule has 10 heteroatoms. The third-order valence-corrected chi connectivity index (χ3v) is 0.712. The standard InChI is InChI=1S/C2H16N10/c1-2-4-6-8-10-12-11-9-7-5-3/h4-12H,2-3H2,1H3. The molecular formula is C2H16N10. The molecule has 0 aliphatic heterocycles. The Morgan fingerprint density at radius 2 is 1.33 bits per heavy atom. The van der Waals surface area contributed by atoms with Crippen LogP contribution in [0.5, 0.6) is 0 Å². The van der Waals surface area contributed by atoms with Crippen molar-refractivity contribution in [3.63, 3.8) is 0 Å². The molecule has 0 amide bonds. The number of hydrogen-bond acceptors (Lipinski definition) is 10. The van der Waals surface area contributed by atoms with E-state index in [4.69, 9.17) is 5.84 Å². The number of rotatable bonds is 9. The first kappa shape index (κ1) is 11.6. The first-order valence-electron chi connectivity index (χ1n) is 3.35. The van der Waals surface area contributed by atoms with Crippen molar-refractivity contribution in [1.82, 2.24) is 49.7 Å². The van der Waals surface area contributed by atoms with Crippen LogP contribution in [0.4, 0.5) is 0 Å². The van der Waals surface area contributed by atoms with Gasteiger partial charge in [-0.05, 0) is 0 Å². The third-order valence-electron chi connectivity index (χ3n) is 0.712. The number of nitrogens with two attached hydrogens (primary N) is 1. The molecule has 0 aromatic rings. The summed E-state index contributed by atoms with van der Waals surface area (Å²) in [6, 6.07) is 0. The smallest absolute Gasteiger partial charge is 0.00850 e. The van der Waals surface area contributed by atoms with Crippen LogP contribution in [0.15, 0.2) is 0 Å². The van der Waals surface area contributed by atoms with E-state index in [-0.39, 0.29) is 0 Å². The van der Waals surface area contributed by atoms with Crippen molar-refractivity contribution in [2.75, 3.05) is 6.54 Å². The number of hydrazine groups is 9. The summed E-state index contributed by atoms with van der Waals surface area (Å²) in [5.41, 5.74) is 22.4. The Kier molecular flexibility index (Phi) is 10.2. The molecule has 0 aliphatic rings. The predicted octanol–water partition coefficient (Wildman–Crippen LogP) is -4.49. The van der Waals surface area contributed by atoms with Crippen LogP contribution in [0.3, 0.4) is 0 Å². The highest BCUT2D eigenvalue weighted by atomic mass is 15.9. The summed E-state index contributed by atoms with van der Waals surface area (Å²) in [6.07, 6.45) is 0. The summed E-state index contributed by atoms with van der Waals surface area (Å²) < 4.78 is 0. The molecule has 0 aromatic heterocycles. The molecule has 0 rings (SSSR count). The Morgan fingerprint density at radius 3 is 1.83 bits per heavy atom. The zero-order chi connectivity index (χ0) is 9.07. The van der Waals surface area contributed by atoms with E-state index < -0.39 is 0 Å². The van der Waals surface area contributed by atoms with Crippen LogP contribution in [-0.4, -0.2) is 6.54 Å². The van der Waals surface area contributed by atoms with Gasteiger partial charge in [0.05, 0.1) is 0 Å². The van der Waals surface area contributed by atoms with Crippen molar-refractivity contribution < 1.29 is 0 Å². The van der Waals surface area contributed by atoms with E-state index in [2.05, 4.69) is 49.7 Å². The van der Waals surface area contributed by atoms with Gasteiger partial charge in [-0.1, -0.05) is 6.92 Å². The maximum atomic E-state index is 4.86. The average molecular weight is 180 g/mol. The van der Waals surface area contributed by atoms with E-state index in [1.165, 1.54) is 0 Å². The average Bonchev–Trinajstić information content (AvgIpc) is 2.10. The van der Waals surface area contributed by atoms with Crippen LogP contribution in [0.1, 0.15) is 6.92 Å². The number of nitrogens with one attached hydrogen (secondary N) is 9. The normalized spacial score (nSPS) is 10.5. The first-order chi connectivity index (χ1) is 5.91. The van der Waals surface area contributed by atoms with Crippen molar-refractivity contribution in [2.24, 2.45) is 5.84 Å². The highest BCUT2D eigenvalue weighted by Gasteiger charge is 1.79. The van der Waals surface area contributed by atoms with Gasteiger partial charge < -0.3 is 0 Å². The summed E-state index contributed by atoms with van der Waals surface area (Å²) in [7, 11) is 0. The Balaban J connectivity index is 2.73. The molecule has 0 radical (unpaired) electrons. The van der Waals surface area contributed by atoms with Crippen molar-refractivity contribution in [3.05, 3.63) is 0 Å². The summed E-state index contributed by atoms with van der Waals surface area (Å²) in [6.45, 7) is 2.76. The van der Waals surface area contributed by atoms with E-state index in [9.17, 15) is 0 Å². The number of hydrogen-bond donors (Lipinski definition) is 10. The largest absolute Gasteiger partial charge is 0.257 e. The first-order valence-corrected chi connectivity index (χ1v) is 3.35. The Morgan fingerprint density at radius 1 is 0.833 bits per heavy atom. The second-order valence-corrected chi connectivity index (χ2v) is 1.55. The summed E-state index contributed by atoms with van der Waals surface area (Å²) in [5.74, 6) is 4.86. The monoisotopic (exact) mass is 180 g/mol. The quantitative estimate of drug-likeness (QED) is 0.0961. The molecule has 74 valence electrons. The van der Waals surface area contributed by atoms with Gasteiger partial charge in [-0.3, -0.25) is 5.84 Å². The van der Waals surface area contributed by atoms with Gasteiger partial charge in [-0.2, -0.15) is 44.3 Å². The van der Waals surface area contributed by atoms with Gasteiger partial charge in [0.2, 0.25) is 0 Å². The molecule has 0 spiro atoms. The molecule has 0 heterocycles. The molecule has 12 heavy (non-hydrogen) atoms. The molecule has 0 saturated carbocycles. The highest BCUT2D eigenvalue weighted by Crippen LogP contribution is 1.37. The lowest BCUT2D eigenvalue weighted by atomic mass is 10.8. The Hall–Kier alpha value is -0.400. The van der Waals surface area contributed by atoms with Crippen LogP contribution >= 0.6 is 0 Å². The molecule has 11 N–H and O–H groups in total. The van der Waals surface area contributed by atoms with Crippen molar-refractivity contribution >= 4 is 0 Å². The van der Waals surface area contributed by atoms with Gasteiger partial charge in [-0.15, -0.1) is 0 Å². The molecule has 0 aromatic carbocycles. The molecule has 10 nitrogen and oxygen atoms in total. The molecule has 0 bridgehead atoms. The fourth-order valence-electron chi connectivity index (χ4n) is 0.325. The molecule has 0 saturated heterocycles. The third kappa shape index (κ3) is 9.60. The van der Waals surface area contributed by atoms with Crippen molar-refractivity contribution in [1.29, 1.82) is 0 Å². The maximum Gasteiger partial charge on any atom is 0.00850 e. The zero-order valence-corrected chi connectivity index (χ0v) is 6.78. The molecule has 0 fully saturated rings. The molecule has 0 unspecified atom stereocenters. The topological polar surface area (TPSA) is 134 Å². The van der Waals surface area contributed by atoms with Crippen LogP contribution in [0.25, 0.3) is 0 Å². The van der Waals surface area contributed by atoms with Gasteiger partial charge in [0, 0.05) is 6.54 Å². The lowest BCUT2D eigenvalue weighted by Gasteiger charge is -2.11. The summed E-state index contributed by atoms with van der Waals surface area (Å²) in [5, 5.41) is 0. The SMILES string of the molecule is CCNNNNNNNNNN. The van der Waals surface area contributed by atoms with Crippen LogP contribution in [-0.2, 0) is 0 Å². The van der Waals surface area contributed by atoms with E-state index in [1.54, 1.807) is 0 Å². The van der Waals surface area contributed by atoms with Gasteiger partial charge >= 0.3 is 0 Å². The van der Waals surface area contributed by atoms with Crippen molar-refractivity contribution in [2.45, 2.75) is 6.92 Å². The minimum absolute atomic E-state index is 0.805. The lowest BCUT2D eigenvalue weighted by Crippen LogP contribution is -2.64. The lowest BCUT2D eigenvalue weighted by molar-refractivity contribution is 0.244. The summed E-state index contributed by atoms with van der Waals surface area (Å²) >= 11 is 0. The minimum Gasteiger partial charge on any atom is -0.257 e. The second-order valence-electron chi connectivity index (χ2n) is 1.55. The van der Waals surface area contributed by atoms with E-state index in [0.717, 1.165) is 6.54 Å². The van der Waals surface area contributed by atoms with Crippen LogP contribution in [0, 0.1) is 0 Å². The maximum absolute atomic E-state index is 4.86. The molecular weight excluding hydrogens is 164 g/mol. The fourth-order valence-corrected chi connectivity index (χ4v) is 0.325. The molecule has 0 atom stereocenters. The second kappa shape index (κ2) is 10.6. The Labute approximate surface area is 70.1 Å². The Bertz CT molecular complexity index is 64.2.